The van der Waals surface area contributed by atoms with Crippen LogP contribution in [0.5, 0.6) is 0 Å². The highest BCUT2D eigenvalue weighted by atomic mass is 16.8. The molecule has 0 saturated heterocycles. The summed E-state index contributed by atoms with van der Waals surface area (Å²) in [6, 6.07) is 17.5. The van der Waals surface area contributed by atoms with Crippen molar-refractivity contribution in [2.24, 2.45) is 0 Å². The molecule has 2 heterocycles. The molecule has 3 aromatic rings. The van der Waals surface area contributed by atoms with Gasteiger partial charge in [0.05, 0.1) is 5.92 Å². The van der Waals surface area contributed by atoms with Crippen molar-refractivity contribution in [2.75, 3.05) is 0 Å². The van der Waals surface area contributed by atoms with E-state index in [4.69, 9.17) is 9.47 Å². The van der Waals surface area contributed by atoms with E-state index in [1.165, 1.54) is 0 Å². The number of nitrogens with one attached hydrogen (secondary N) is 1. The van der Waals surface area contributed by atoms with E-state index in [1.807, 2.05) is 61.5 Å². The highest BCUT2D eigenvalue weighted by Gasteiger charge is 2.41. The number of hydrogen-bond acceptors (Lipinski definition) is 4. The van der Waals surface area contributed by atoms with E-state index in [9.17, 15) is 9.90 Å². The van der Waals surface area contributed by atoms with Crippen LogP contribution < -0.4 is 0 Å². The van der Waals surface area contributed by atoms with E-state index in [2.05, 4.69) is 4.98 Å². The first-order valence-electron chi connectivity index (χ1n) is 8.85. The summed E-state index contributed by atoms with van der Waals surface area (Å²) in [4.78, 5) is 16.2. The molecule has 0 radical (unpaired) electrons. The van der Waals surface area contributed by atoms with E-state index in [1.54, 1.807) is 13.8 Å². The summed E-state index contributed by atoms with van der Waals surface area (Å²) in [5, 5.41) is 11.6. The number of aliphatic hydroxyl groups is 1. The second-order valence-corrected chi connectivity index (χ2v) is 7.16. The van der Waals surface area contributed by atoms with E-state index < -0.39 is 23.6 Å². The number of aromatic amines is 1. The monoisotopic (exact) mass is 363 g/mol. The second kappa shape index (κ2) is 6.20. The van der Waals surface area contributed by atoms with Crippen LogP contribution in [0.3, 0.4) is 0 Å². The SMILES string of the molecule is Cc1[nH]c2ccccc2c1C(C1=C(O)OC(C)(C)OC1=O)c1ccccc1. The minimum absolute atomic E-state index is 0.105. The Kier molecular flexibility index (Phi) is 3.95. The molecule has 0 saturated carbocycles. The van der Waals surface area contributed by atoms with Crippen LogP contribution in [0, 0.1) is 6.92 Å². The minimum atomic E-state index is -1.21. The fraction of sp³-hybridized carbons (Fsp3) is 0.227. The largest absolute Gasteiger partial charge is 0.480 e. The Morgan fingerprint density at radius 1 is 1.00 bits per heavy atom. The lowest BCUT2D eigenvalue weighted by Gasteiger charge is -2.33. The number of H-pyrrole nitrogens is 1. The number of hydrogen-bond donors (Lipinski definition) is 2. The number of cyclic esters (lactones) is 1. The third-order valence-corrected chi connectivity index (χ3v) is 4.78. The standard InChI is InChI=1S/C22H21NO4/c1-13-17(15-11-7-8-12-16(15)23-13)18(14-9-5-4-6-10-14)19-20(24)26-22(2,3)27-21(19)25/h4-12,18,23-24H,1-3H3. The lowest BCUT2D eigenvalue weighted by molar-refractivity contribution is -0.222. The molecule has 5 nitrogen and oxygen atoms in total. The molecule has 0 fully saturated rings. The Morgan fingerprint density at radius 3 is 2.37 bits per heavy atom. The molecule has 1 atom stereocenters. The van der Waals surface area contributed by atoms with Gasteiger partial charge in [-0.2, -0.15) is 0 Å². The number of aryl methyl sites for hydroxylation is 1. The van der Waals surface area contributed by atoms with Gasteiger partial charge in [0, 0.05) is 30.4 Å². The van der Waals surface area contributed by atoms with Crippen molar-refractivity contribution >= 4 is 16.9 Å². The summed E-state index contributed by atoms with van der Waals surface area (Å²) in [7, 11) is 0. The van der Waals surface area contributed by atoms with Gasteiger partial charge in [-0.25, -0.2) is 4.79 Å². The van der Waals surface area contributed by atoms with Crippen molar-refractivity contribution in [3.05, 3.63) is 82.9 Å². The molecule has 1 unspecified atom stereocenters. The van der Waals surface area contributed by atoms with Gasteiger partial charge >= 0.3 is 5.97 Å². The zero-order valence-electron chi connectivity index (χ0n) is 15.4. The summed E-state index contributed by atoms with van der Waals surface area (Å²) >= 11 is 0. The molecular formula is C22H21NO4. The summed E-state index contributed by atoms with van der Waals surface area (Å²) in [5.74, 6) is -2.70. The first kappa shape index (κ1) is 17.2. The third kappa shape index (κ3) is 2.95. The number of carbonyl (C=O) groups is 1. The number of para-hydroxylation sites is 1. The Bertz CT molecular complexity index is 1050. The van der Waals surface area contributed by atoms with Crippen LogP contribution in [0.1, 0.15) is 36.6 Å². The molecule has 1 aliphatic heterocycles. The van der Waals surface area contributed by atoms with Gasteiger partial charge in [0.15, 0.2) is 0 Å². The highest BCUT2D eigenvalue weighted by Crippen LogP contribution is 2.42. The van der Waals surface area contributed by atoms with Gasteiger partial charge in [0.2, 0.25) is 0 Å². The Hall–Kier alpha value is -3.21. The van der Waals surface area contributed by atoms with Crippen LogP contribution in [-0.4, -0.2) is 21.8 Å². The molecule has 4 rings (SSSR count). The average Bonchev–Trinajstić information content (AvgIpc) is 2.93. The van der Waals surface area contributed by atoms with Gasteiger partial charge in [-0.1, -0.05) is 48.5 Å². The fourth-order valence-corrected chi connectivity index (χ4v) is 3.71. The van der Waals surface area contributed by atoms with Crippen LogP contribution in [0.4, 0.5) is 0 Å². The maximum absolute atomic E-state index is 12.8. The van der Waals surface area contributed by atoms with Crippen molar-refractivity contribution in [3.63, 3.8) is 0 Å². The van der Waals surface area contributed by atoms with Crippen LogP contribution in [0.15, 0.2) is 66.1 Å². The molecule has 2 N–H and O–H groups in total. The maximum Gasteiger partial charge on any atom is 0.345 e. The molecule has 0 aliphatic carbocycles. The van der Waals surface area contributed by atoms with Gasteiger partial charge in [0.25, 0.3) is 11.7 Å². The number of carbonyl (C=O) groups excluding carboxylic acids is 1. The molecular weight excluding hydrogens is 342 g/mol. The lowest BCUT2D eigenvalue weighted by Crippen LogP contribution is -2.38. The third-order valence-electron chi connectivity index (χ3n) is 4.78. The molecule has 27 heavy (non-hydrogen) atoms. The molecule has 0 bridgehead atoms. The quantitative estimate of drug-likeness (QED) is 0.663. The number of esters is 1. The molecule has 5 heteroatoms. The second-order valence-electron chi connectivity index (χ2n) is 7.16. The molecule has 1 aliphatic rings. The molecule has 138 valence electrons. The zero-order valence-corrected chi connectivity index (χ0v) is 15.4. The van der Waals surface area contributed by atoms with Crippen molar-refractivity contribution in [2.45, 2.75) is 32.5 Å². The molecule has 0 amide bonds. The first-order valence-corrected chi connectivity index (χ1v) is 8.85. The normalized spacial score (nSPS) is 17.5. The number of rotatable bonds is 3. The minimum Gasteiger partial charge on any atom is -0.480 e. The Balaban J connectivity index is 1.99. The van der Waals surface area contributed by atoms with E-state index >= 15 is 0 Å². The Labute approximate surface area is 157 Å². The first-order chi connectivity index (χ1) is 12.9. The number of ether oxygens (including phenoxy) is 2. The lowest BCUT2D eigenvalue weighted by atomic mass is 9.83. The van der Waals surface area contributed by atoms with Gasteiger partial charge in [-0.15, -0.1) is 0 Å². The number of aliphatic hydroxyl groups excluding tert-OH is 1. The van der Waals surface area contributed by atoms with Gasteiger partial charge in [0.1, 0.15) is 5.57 Å². The highest BCUT2D eigenvalue weighted by molar-refractivity contribution is 5.95. The maximum atomic E-state index is 12.8. The van der Waals surface area contributed by atoms with Crippen molar-refractivity contribution in [1.29, 1.82) is 0 Å². The topological polar surface area (TPSA) is 71.6 Å². The summed E-state index contributed by atoms with van der Waals surface area (Å²) in [5.41, 5.74) is 3.78. The van der Waals surface area contributed by atoms with Crippen LogP contribution >= 0.6 is 0 Å². The zero-order chi connectivity index (χ0) is 19.2. The predicted octanol–water partition coefficient (Wildman–Crippen LogP) is 4.69. The van der Waals surface area contributed by atoms with Crippen LogP contribution in [0.2, 0.25) is 0 Å². The predicted molar refractivity (Wildman–Crippen MR) is 102 cm³/mol. The van der Waals surface area contributed by atoms with Crippen molar-refractivity contribution in [1.82, 2.24) is 4.98 Å². The van der Waals surface area contributed by atoms with E-state index in [0.717, 1.165) is 27.7 Å². The van der Waals surface area contributed by atoms with E-state index in [-0.39, 0.29) is 5.57 Å². The molecule has 1 aromatic heterocycles. The average molecular weight is 363 g/mol. The molecule has 0 spiro atoms. The number of fused-ring (bicyclic) bond motifs is 1. The van der Waals surface area contributed by atoms with Crippen LogP contribution in [0.25, 0.3) is 10.9 Å². The smallest absolute Gasteiger partial charge is 0.345 e. The summed E-state index contributed by atoms with van der Waals surface area (Å²) < 4.78 is 10.9. The number of benzene rings is 2. The Morgan fingerprint density at radius 2 is 1.67 bits per heavy atom. The van der Waals surface area contributed by atoms with E-state index in [0.29, 0.717) is 0 Å². The molecule has 2 aromatic carbocycles. The summed E-state index contributed by atoms with van der Waals surface area (Å²) in [6.45, 7) is 5.14. The van der Waals surface area contributed by atoms with Gasteiger partial charge in [-0.3, -0.25) is 0 Å². The van der Waals surface area contributed by atoms with Gasteiger partial charge < -0.3 is 19.6 Å². The van der Waals surface area contributed by atoms with Crippen LogP contribution in [-0.2, 0) is 14.3 Å². The van der Waals surface area contributed by atoms with Gasteiger partial charge in [-0.05, 0) is 24.1 Å². The van der Waals surface area contributed by atoms with Crippen molar-refractivity contribution < 1.29 is 19.4 Å². The number of aromatic nitrogens is 1. The fourth-order valence-electron chi connectivity index (χ4n) is 3.71. The van der Waals surface area contributed by atoms with Crippen molar-refractivity contribution in [3.8, 4) is 0 Å². The summed E-state index contributed by atoms with van der Waals surface area (Å²) in [6.07, 6.45) is 0.